The van der Waals surface area contributed by atoms with Crippen LogP contribution in [0.2, 0.25) is 0 Å². The molecule has 60 valence electrons. The van der Waals surface area contributed by atoms with Crippen LogP contribution in [0.3, 0.4) is 0 Å². The number of ether oxygens (including phenoxy) is 1. The van der Waals surface area contributed by atoms with Crippen LogP contribution < -0.4 is 0 Å². The summed E-state index contributed by atoms with van der Waals surface area (Å²) in [6.07, 6.45) is 1.56. The van der Waals surface area contributed by atoms with Crippen molar-refractivity contribution in [3.8, 4) is 0 Å². The van der Waals surface area contributed by atoms with Crippen LogP contribution in [0.5, 0.6) is 0 Å². The first kappa shape index (κ1) is 11.2. The summed E-state index contributed by atoms with van der Waals surface area (Å²) in [5.41, 5.74) is 0.923. The summed E-state index contributed by atoms with van der Waals surface area (Å²) in [5.74, 6) is -0.0730. The van der Waals surface area contributed by atoms with Crippen LogP contribution in [0.15, 0.2) is 36.3 Å². The first-order valence-electron chi connectivity index (χ1n) is 3.32. The van der Waals surface area contributed by atoms with E-state index in [1.165, 1.54) is 7.11 Å². The van der Waals surface area contributed by atoms with Crippen LogP contribution in [0, 0.1) is 0 Å². The number of rotatable bonds is 2. The van der Waals surface area contributed by atoms with E-state index in [0.29, 0.717) is 0 Å². The van der Waals surface area contributed by atoms with Crippen molar-refractivity contribution in [3.05, 3.63) is 41.8 Å². The second kappa shape index (κ2) is 5.79. The van der Waals surface area contributed by atoms with Crippen LogP contribution in [0.4, 0.5) is 0 Å². The molecule has 0 aliphatic carbocycles. The predicted octanol–water partition coefficient (Wildman–Crippen LogP) is 2.19. The molecule has 0 bridgehead atoms. The minimum Gasteiger partial charge on any atom is -0.481 e. The van der Waals surface area contributed by atoms with E-state index >= 15 is 0 Å². The molecule has 1 aromatic rings. The largest absolute Gasteiger partial charge is 0.481 e. The standard InChI is InChI=1S/C9H10O2.Zn/c1-11-9(10)7-8-5-3-2-4-6-8;/h2-7,10H,1H3;/b9-7-;. The summed E-state index contributed by atoms with van der Waals surface area (Å²) in [4.78, 5) is 0. The van der Waals surface area contributed by atoms with E-state index in [4.69, 9.17) is 5.11 Å². The molecule has 0 saturated carbocycles. The van der Waals surface area contributed by atoms with Crippen LogP contribution in [0.1, 0.15) is 5.56 Å². The van der Waals surface area contributed by atoms with Crippen molar-refractivity contribution in [1.29, 1.82) is 0 Å². The molecule has 0 amide bonds. The van der Waals surface area contributed by atoms with Gasteiger partial charge in [0.05, 0.1) is 7.11 Å². The first-order chi connectivity index (χ1) is 5.33. The Labute approximate surface area is 84.6 Å². The Kier molecular flexibility index (Phi) is 5.39. The zero-order valence-corrected chi connectivity index (χ0v) is 9.99. The fraction of sp³-hybridized carbons (Fsp3) is 0.111. The van der Waals surface area contributed by atoms with E-state index in [1.807, 2.05) is 30.3 Å². The Bertz CT molecular complexity index is 244. The summed E-state index contributed by atoms with van der Waals surface area (Å²) in [6, 6.07) is 9.48. The van der Waals surface area contributed by atoms with Gasteiger partial charge in [-0.05, 0) is 5.56 Å². The van der Waals surface area contributed by atoms with Gasteiger partial charge in [-0.15, -0.1) is 0 Å². The van der Waals surface area contributed by atoms with Gasteiger partial charge in [-0.25, -0.2) is 0 Å². The average molecular weight is 216 g/mol. The minimum atomic E-state index is -0.0730. The Hall–Kier alpha value is -0.817. The zero-order valence-electron chi connectivity index (χ0n) is 7.03. The normalized spacial score (nSPS) is 10.2. The third kappa shape index (κ3) is 3.54. The summed E-state index contributed by atoms with van der Waals surface area (Å²) in [6.45, 7) is 0. The van der Waals surface area contributed by atoms with Gasteiger partial charge in [0.15, 0.2) is 0 Å². The molecule has 3 heteroatoms. The third-order valence-corrected chi connectivity index (χ3v) is 1.30. The van der Waals surface area contributed by atoms with Crippen molar-refractivity contribution < 1.29 is 29.3 Å². The zero-order chi connectivity index (χ0) is 8.10. The second-order valence-corrected chi connectivity index (χ2v) is 2.10. The van der Waals surface area contributed by atoms with Crippen LogP contribution >= 0.6 is 0 Å². The molecule has 1 rings (SSSR count). The van der Waals surface area contributed by atoms with Crippen LogP contribution in [0.25, 0.3) is 6.08 Å². The first-order valence-corrected chi connectivity index (χ1v) is 3.32. The second-order valence-electron chi connectivity index (χ2n) is 2.10. The van der Waals surface area contributed by atoms with Crippen molar-refractivity contribution in [2.24, 2.45) is 0 Å². The van der Waals surface area contributed by atoms with Crippen LogP contribution in [-0.2, 0) is 24.2 Å². The van der Waals surface area contributed by atoms with Crippen molar-refractivity contribution in [2.45, 2.75) is 0 Å². The van der Waals surface area contributed by atoms with E-state index in [2.05, 4.69) is 4.74 Å². The quantitative estimate of drug-likeness (QED) is 0.605. The van der Waals surface area contributed by atoms with Gasteiger partial charge in [0.1, 0.15) is 0 Å². The van der Waals surface area contributed by atoms with Crippen molar-refractivity contribution in [1.82, 2.24) is 0 Å². The monoisotopic (exact) mass is 214 g/mol. The molecular weight excluding hydrogens is 205 g/mol. The molecule has 1 aromatic carbocycles. The molecule has 1 N–H and O–H groups in total. The molecule has 12 heavy (non-hydrogen) atoms. The Morgan fingerprint density at radius 2 is 1.92 bits per heavy atom. The van der Waals surface area contributed by atoms with E-state index in [-0.39, 0.29) is 25.4 Å². The van der Waals surface area contributed by atoms with E-state index < -0.39 is 0 Å². The molecule has 0 saturated heterocycles. The number of hydrogen-bond donors (Lipinski definition) is 1. The molecular formula is C9H10O2Zn. The van der Waals surface area contributed by atoms with Crippen LogP contribution in [-0.4, -0.2) is 12.2 Å². The SMILES string of the molecule is CO/C(O)=C\c1ccccc1.[Zn]. The maximum absolute atomic E-state index is 8.95. The van der Waals surface area contributed by atoms with Gasteiger partial charge < -0.3 is 9.84 Å². The Balaban J connectivity index is 0.00000121. The molecule has 0 unspecified atom stereocenters. The van der Waals surface area contributed by atoms with Crippen molar-refractivity contribution in [2.75, 3.05) is 7.11 Å². The number of aliphatic hydroxyl groups excluding tert-OH is 1. The third-order valence-electron chi connectivity index (χ3n) is 1.30. The van der Waals surface area contributed by atoms with Gasteiger partial charge in [0, 0.05) is 25.6 Å². The van der Waals surface area contributed by atoms with Crippen molar-refractivity contribution in [3.63, 3.8) is 0 Å². The summed E-state index contributed by atoms with van der Waals surface area (Å²) in [7, 11) is 1.43. The Morgan fingerprint density at radius 1 is 1.33 bits per heavy atom. The van der Waals surface area contributed by atoms with Gasteiger partial charge in [0.2, 0.25) is 0 Å². The minimum absolute atomic E-state index is 0. The average Bonchev–Trinajstić information content (AvgIpc) is 2.06. The molecule has 0 atom stereocenters. The maximum Gasteiger partial charge on any atom is 0.276 e. The Morgan fingerprint density at radius 3 is 2.42 bits per heavy atom. The molecule has 0 aliphatic rings. The molecule has 0 aromatic heterocycles. The van der Waals surface area contributed by atoms with E-state index in [9.17, 15) is 0 Å². The number of benzene rings is 1. The number of hydrogen-bond acceptors (Lipinski definition) is 2. The summed E-state index contributed by atoms with van der Waals surface area (Å²) >= 11 is 0. The van der Waals surface area contributed by atoms with E-state index in [1.54, 1.807) is 6.08 Å². The number of methoxy groups -OCH3 is 1. The molecule has 0 aliphatic heterocycles. The fourth-order valence-corrected chi connectivity index (χ4v) is 0.751. The van der Waals surface area contributed by atoms with Gasteiger partial charge in [0.25, 0.3) is 5.95 Å². The summed E-state index contributed by atoms with van der Waals surface area (Å²) in [5, 5.41) is 8.95. The van der Waals surface area contributed by atoms with Gasteiger partial charge in [-0.3, -0.25) is 0 Å². The smallest absolute Gasteiger partial charge is 0.276 e. The maximum atomic E-state index is 8.95. The summed E-state index contributed by atoms with van der Waals surface area (Å²) < 4.78 is 4.57. The van der Waals surface area contributed by atoms with Gasteiger partial charge >= 0.3 is 0 Å². The van der Waals surface area contributed by atoms with E-state index in [0.717, 1.165) is 5.56 Å². The molecule has 2 nitrogen and oxygen atoms in total. The molecule has 0 heterocycles. The number of aliphatic hydroxyl groups is 1. The molecule has 0 radical (unpaired) electrons. The molecule has 0 fully saturated rings. The van der Waals surface area contributed by atoms with Gasteiger partial charge in [-0.1, -0.05) is 30.3 Å². The van der Waals surface area contributed by atoms with Crippen molar-refractivity contribution >= 4 is 6.08 Å². The molecule has 0 spiro atoms. The topological polar surface area (TPSA) is 29.5 Å². The van der Waals surface area contributed by atoms with Gasteiger partial charge in [-0.2, -0.15) is 0 Å². The predicted molar refractivity (Wildman–Crippen MR) is 44.1 cm³/mol. The fourth-order valence-electron chi connectivity index (χ4n) is 0.751.